The van der Waals surface area contributed by atoms with Gasteiger partial charge in [-0.25, -0.2) is 0 Å². The third-order valence-electron chi connectivity index (χ3n) is 3.76. The standard InChI is InChI=1S/C13H22ClN3O/c1-9(2)11-5-4-7-17(8-6-11)13-16-15-12(18-13)10(3)14/h9-11H,4-8H2,1-3H3. The molecule has 0 amide bonds. The van der Waals surface area contributed by atoms with E-state index in [1.165, 1.54) is 19.3 Å². The Bertz CT molecular complexity index is 378. The van der Waals surface area contributed by atoms with Gasteiger partial charge in [0.1, 0.15) is 5.38 Å². The molecule has 0 spiro atoms. The molecule has 18 heavy (non-hydrogen) atoms. The lowest BCUT2D eigenvalue weighted by atomic mass is 9.89. The van der Waals surface area contributed by atoms with Crippen molar-refractivity contribution >= 4 is 17.6 Å². The number of nitrogens with zero attached hydrogens (tertiary/aromatic N) is 3. The largest absolute Gasteiger partial charge is 0.406 e. The number of rotatable bonds is 3. The van der Waals surface area contributed by atoms with E-state index in [1.807, 2.05) is 6.92 Å². The molecule has 0 aliphatic carbocycles. The number of hydrogen-bond donors (Lipinski definition) is 0. The highest BCUT2D eigenvalue weighted by molar-refractivity contribution is 6.20. The molecular weight excluding hydrogens is 250 g/mol. The van der Waals surface area contributed by atoms with Crippen LogP contribution in [0.3, 0.4) is 0 Å². The van der Waals surface area contributed by atoms with Gasteiger partial charge >= 0.3 is 6.01 Å². The van der Waals surface area contributed by atoms with Crippen LogP contribution in [0.4, 0.5) is 6.01 Å². The average molecular weight is 272 g/mol. The third kappa shape index (κ3) is 3.16. The van der Waals surface area contributed by atoms with Gasteiger partial charge in [0.05, 0.1) is 0 Å². The molecule has 0 saturated carbocycles. The average Bonchev–Trinajstić information content (AvgIpc) is 2.67. The lowest BCUT2D eigenvalue weighted by Gasteiger charge is -2.19. The molecule has 0 N–H and O–H groups in total. The molecule has 1 fully saturated rings. The molecular formula is C13H22ClN3O. The van der Waals surface area contributed by atoms with Crippen molar-refractivity contribution in [2.75, 3.05) is 18.0 Å². The first kappa shape index (κ1) is 13.7. The Balaban J connectivity index is 2.00. The highest BCUT2D eigenvalue weighted by atomic mass is 35.5. The van der Waals surface area contributed by atoms with Crippen LogP contribution in [0.1, 0.15) is 51.3 Å². The van der Waals surface area contributed by atoms with Crippen LogP contribution < -0.4 is 4.90 Å². The van der Waals surface area contributed by atoms with Crippen LogP contribution in [0.5, 0.6) is 0 Å². The van der Waals surface area contributed by atoms with E-state index in [9.17, 15) is 0 Å². The molecule has 4 nitrogen and oxygen atoms in total. The number of aromatic nitrogens is 2. The predicted octanol–water partition coefficient (Wildman–Crippen LogP) is 3.63. The van der Waals surface area contributed by atoms with Gasteiger partial charge in [-0.1, -0.05) is 18.9 Å². The van der Waals surface area contributed by atoms with Crippen LogP contribution in [0.2, 0.25) is 0 Å². The van der Waals surface area contributed by atoms with Gasteiger partial charge < -0.3 is 9.32 Å². The maximum absolute atomic E-state index is 5.94. The van der Waals surface area contributed by atoms with E-state index in [2.05, 4.69) is 28.9 Å². The Hall–Kier alpha value is -0.770. The molecule has 0 radical (unpaired) electrons. The normalized spacial score (nSPS) is 23.2. The number of anilines is 1. The minimum atomic E-state index is -0.221. The van der Waals surface area contributed by atoms with Crippen molar-refractivity contribution in [2.45, 2.75) is 45.4 Å². The van der Waals surface area contributed by atoms with E-state index in [0.29, 0.717) is 11.9 Å². The molecule has 2 unspecified atom stereocenters. The van der Waals surface area contributed by atoms with E-state index in [-0.39, 0.29) is 5.38 Å². The SMILES string of the molecule is CC(Cl)c1nnc(N2CCCC(C(C)C)CC2)o1. The molecule has 0 aromatic carbocycles. The van der Waals surface area contributed by atoms with Crippen LogP contribution in [0.25, 0.3) is 0 Å². The zero-order valence-corrected chi connectivity index (χ0v) is 12.2. The zero-order valence-electron chi connectivity index (χ0n) is 11.4. The Labute approximate surface area is 114 Å². The molecule has 0 bridgehead atoms. The van der Waals surface area contributed by atoms with E-state index >= 15 is 0 Å². The Morgan fingerprint density at radius 3 is 2.61 bits per heavy atom. The van der Waals surface area contributed by atoms with Gasteiger partial charge in [-0.3, -0.25) is 0 Å². The third-order valence-corrected chi connectivity index (χ3v) is 3.94. The molecule has 102 valence electrons. The zero-order chi connectivity index (χ0) is 13.1. The number of halogens is 1. The van der Waals surface area contributed by atoms with Gasteiger partial charge in [-0.05, 0) is 38.0 Å². The van der Waals surface area contributed by atoms with Gasteiger partial charge in [-0.15, -0.1) is 16.7 Å². The van der Waals surface area contributed by atoms with Crippen LogP contribution in [0.15, 0.2) is 4.42 Å². The highest BCUT2D eigenvalue weighted by Gasteiger charge is 2.23. The lowest BCUT2D eigenvalue weighted by Crippen LogP contribution is -2.24. The molecule has 2 atom stereocenters. The first-order chi connectivity index (χ1) is 8.58. The van der Waals surface area contributed by atoms with Gasteiger partial charge in [0.15, 0.2) is 0 Å². The summed E-state index contributed by atoms with van der Waals surface area (Å²) in [6.07, 6.45) is 3.68. The molecule has 1 aliphatic heterocycles. The van der Waals surface area contributed by atoms with Crippen molar-refractivity contribution in [3.05, 3.63) is 5.89 Å². The van der Waals surface area contributed by atoms with Crippen LogP contribution in [-0.4, -0.2) is 23.3 Å². The Kier molecular flexibility index (Phi) is 4.49. The van der Waals surface area contributed by atoms with Crippen LogP contribution in [0, 0.1) is 11.8 Å². The summed E-state index contributed by atoms with van der Waals surface area (Å²) in [5.41, 5.74) is 0. The molecule has 1 aliphatic rings. The van der Waals surface area contributed by atoms with Crippen molar-refractivity contribution in [1.82, 2.24) is 10.2 Å². The smallest absolute Gasteiger partial charge is 0.318 e. The van der Waals surface area contributed by atoms with Crippen LogP contribution >= 0.6 is 11.6 Å². The monoisotopic (exact) mass is 271 g/mol. The van der Waals surface area contributed by atoms with Crippen molar-refractivity contribution in [3.63, 3.8) is 0 Å². The molecule has 2 heterocycles. The summed E-state index contributed by atoms with van der Waals surface area (Å²) in [4.78, 5) is 2.19. The Morgan fingerprint density at radius 2 is 2.00 bits per heavy atom. The topological polar surface area (TPSA) is 42.2 Å². The van der Waals surface area contributed by atoms with E-state index in [1.54, 1.807) is 0 Å². The second-order valence-corrected chi connectivity index (χ2v) is 6.12. The summed E-state index contributed by atoms with van der Waals surface area (Å²) in [5, 5.41) is 7.86. The minimum Gasteiger partial charge on any atom is -0.406 e. The summed E-state index contributed by atoms with van der Waals surface area (Å²) >= 11 is 5.94. The van der Waals surface area contributed by atoms with Gasteiger partial charge in [0.25, 0.3) is 0 Å². The number of hydrogen-bond acceptors (Lipinski definition) is 4. The van der Waals surface area contributed by atoms with Crippen molar-refractivity contribution in [1.29, 1.82) is 0 Å². The first-order valence-electron chi connectivity index (χ1n) is 6.80. The van der Waals surface area contributed by atoms with E-state index < -0.39 is 0 Å². The van der Waals surface area contributed by atoms with Crippen molar-refractivity contribution in [2.24, 2.45) is 11.8 Å². The molecule has 1 aromatic rings. The first-order valence-corrected chi connectivity index (χ1v) is 7.24. The molecule has 1 aromatic heterocycles. The second-order valence-electron chi connectivity index (χ2n) is 5.46. The van der Waals surface area contributed by atoms with Crippen LogP contribution in [-0.2, 0) is 0 Å². The van der Waals surface area contributed by atoms with Gasteiger partial charge in [-0.2, -0.15) is 0 Å². The maximum atomic E-state index is 5.94. The summed E-state index contributed by atoms with van der Waals surface area (Å²) < 4.78 is 5.61. The quantitative estimate of drug-likeness (QED) is 0.788. The Morgan fingerprint density at radius 1 is 1.22 bits per heavy atom. The van der Waals surface area contributed by atoms with Crippen molar-refractivity contribution in [3.8, 4) is 0 Å². The summed E-state index contributed by atoms with van der Waals surface area (Å²) in [7, 11) is 0. The summed E-state index contributed by atoms with van der Waals surface area (Å²) in [5.74, 6) is 2.08. The van der Waals surface area contributed by atoms with Gasteiger partial charge in [0.2, 0.25) is 5.89 Å². The highest BCUT2D eigenvalue weighted by Crippen LogP contribution is 2.28. The predicted molar refractivity (Wildman–Crippen MR) is 73.0 cm³/mol. The summed E-state index contributed by atoms with van der Waals surface area (Å²) in [6, 6.07) is 0.627. The fraction of sp³-hybridized carbons (Fsp3) is 0.846. The van der Waals surface area contributed by atoms with Gasteiger partial charge in [0, 0.05) is 13.1 Å². The second kappa shape index (κ2) is 5.91. The molecule has 2 rings (SSSR count). The summed E-state index contributed by atoms with van der Waals surface area (Å²) in [6.45, 7) is 8.46. The minimum absolute atomic E-state index is 0.221. The molecule has 5 heteroatoms. The van der Waals surface area contributed by atoms with Crippen molar-refractivity contribution < 1.29 is 4.42 Å². The number of alkyl halides is 1. The fourth-order valence-corrected chi connectivity index (χ4v) is 2.58. The molecule has 1 saturated heterocycles. The lowest BCUT2D eigenvalue weighted by molar-refractivity contribution is 0.350. The maximum Gasteiger partial charge on any atom is 0.318 e. The van der Waals surface area contributed by atoms with E-state index in [4.69, 9.17) is 16.0 Å². The fourth-order valence-electron chi connectivity index (χ4n) is 2.50. The van der Waals surface area contributed by atoms with E-state index in [0.717, 1.165) is 24.9 Å².